The van der Waals surface area contributed by atoms with E-state index in [-0.39, 0.29) is 24.0 Å². The molecule has 0 radical (unpaired) electrons. The Labute approximate surface area is 177 Å². The van der Waals surface area contributed by atoms with E-state index >= 15 is 0 Å². The van der Waals surface area contributed by atoms with Gasteiger partial charge in [0.1, 0.15) is 0 Å². The quantitative estimate of drug-likeness (QED) is 0.501. The summed E-state index contributed by atoms with van der Waals surface area (Å²) >= 11 is 0. The summed E-state index contributed by atoms with van der Waals surface area (Å²) < 4.78 is 0. The molecule has 0 spiro atoms. The highest BCUT2D eigenvalue weighted by Gasteiger charge is 2.10. The maximum absolute atomic E-state index is 11.0. The minimum atomic E-state index is -0.916. The second-order valence-electron chi connectivity index (χ2n) is 7.02. The Kier molecular flexibility index (Phi) is 8.40. The first-order valence-corrected chi connectivity index (χ1v) is 9.42. The predicted octanol–water partition coefficient (Wildman–Crippen LogP) is 4.73. The Bertz CT molecular complexity index is 896. The largest absolute Gasteiger partial charge is 0.478 e. The molecule has 0 heterocycles. The van der Waals surface area contributed by atoms with Crippen molar-refractivity contribution in [2.45, 2.75) is 25.5 Å². The third kappa shape index (κ3) is 6.43. The summed E-state index contributed by atoms with van der Waals surface area (Å²) in [6.07, 6.45) is 0.347. The van der Waals surface area contributed by atoms with E-state index in [4.69, 9.17) is 5.11 Å². The van der Waals surface area contributed by atoms with Crippen LogP contribution in [-0.4, -0.2) is 28.8 Å². The van der Waals surface area contributed by atoms with E-state index in [0.29, 0.717) is 6.54 Å². The number of carbonyl (C=O) groups is 1. The van der Waals surface area contributed by atoms with Gasteiger partial charge in [-0.2, -0.15) is 0 Å². The SMILES string of the molecule is C[C@H](Cc1ccc(-c2ccc(C(=O)O)cc2)cc1)NC[C@H](O)c1ccccc1.Cl. The molecule has 0 amide bonds. The predicted molar refractivity (Wildman–Crippen MR) is 119 cm³/mol. The molecule has 0 unspecified atom stereocenters. The number of halogens is 1. The van der Waals surface area contributed by atoms with Crippen molar-refractivity contribution < 1.29 is 15.0 Å². The van der Waals surface area contributed by atoms with Crippen LogP contribution in [0.15, 0.2) is 78.9 Å². The van der Waals surface area contributed by atoms with Gasteiger partial charge in [0.25, 0.3) is 0 Å². The van der Waals surface area contributed by atoms with Crippen LogP contribution in [0, 0.1) is 0 Å². The summed E-state index contributed by atoms with van der Waals surface area (Å²) in [6, 6.07) is 25.1. The van der Waals surface area contributed by atoms with Gasteiger partial charge in [-0.1, -0.05) is 66.7 Å². The summed E-state index contributed by atoms with van der Waals surface area (Å²) in [5.41, 5.74) is 4.47. The van der Waals surface area contributed by atoms with Crippen molar-refractivity contribution in [3.8, 4) is 11.1 Å². The molecular weight excluding hydrogens is 386 g/mol. The Morgan fingerprint density at radius 1 is 0.897 bits per heavy atom. The lowest BCUT2D eigenvalue weighted by molar-refractivity contribution is 0.0697. The van der Waals surface area contributed by atoms with Crippen molar-refractivity contribution in [2.75, 3.05) is 6.54 Å². The maximum Gasteiger partial charge on any atom is 0.335 e. The number of hydrogen-bond donors (Lipinski definition) is 3. The van der Waals surface area contributed by atoms with Crippen LogP contribution in [0.1, 0.15) is 34.5 Å². The molecule has 0 bridgehead atoms. The van der Waals surface area contributed by atoms with Crippen molar-refractivity contribution in [1.29, 1.82) is 0 Å². The lowest BCUT2D eigenvalue weighted by Crippen LogP contribution is -2.32. The van der Waals surface area contributed by atoms with E-state index in [0.717, 1.165) is 23.1 Å². The number of carboxylic acid groups (broad SMARTS) is 1. The van der Waals surface area contributed by atoms with Crippen molar-refractivity contribution in [1.82, 2.24) is 5.32 Å². The average Bonchev–Trinajstić information content (AvgIpc) is 2.73. The number of aliphatic hydroxyl groups excluding tert-OH is 1. The number of nitrogens with one attached hydrogen (secondary N) is 1. The lowest BCUT2D eigenvalue weighted by Gasteiger charge is -2.17. The van der Waals surface area contributed by atoms with Crippen LogP contribution >= 0.6 is 12.4 Å². The van der Waals surface area contributed by atoms with E-state index in [2.05, 4.69) is 36.5 Å². The molecule has 152 valence electrons. The summed E-state index contributed by atoms with van der Waals surface area (Å²) in [5.74, 6) is -0.916. The zero-order chi connectivity index (χ0) is 19.9. The van der Waals surface area contributed by atoms with Crippen LogP contribution in [0.2, 0.25) is 0 Å². The average molecular weight is 412 g/mol. The Hall–Kier alpha value is -2.66. The minimum Gasteiger partial charge on any atom is -0.478 e. The minimum absolute atomic E-state index is 0. The molecule has 3 aromatic rings. The van der Waals surface area contributed by atoms with Gasteiger partial charge in [-0.3, -0.25) is 0 Å². The fourth-order valence-electron chi connectivity index (χ4n) is 3.17. The molecule has 0 aliphatic heterocycles. The fourth-order valence-corrected chi connectivity index (χ4v) is 3.17. The molecular formula is C24H26ClNO3. The van der Waals surface area contributed by atoms with Gasteiger partial charge in [-0.15, -0.1) is 12.4 Å². The number of rotatable bonds is 8. The monoisotopic (exact) mass is 411 g/mol. The van der Waals surface area contributed by atoms with Crippen LogP contribution in [-0.2, 0) is 6.42 Å². The van der Waals surface area contributed by atoms with Crippen molar-refractivity contribution >= 4 is 18.4 Å². The van der Waals surface area contributed by atoms with Gasteiger partial charge < -0.3 is 15.5 Å². The fraction of sp³-hybridized carbons (Fsp3) is 0.208. The molecule has 4 nitrogen and oxygen atoms in total. The van der Waals surface area contributed by atoms with E-state index in [1.807, 2.05) is 42.5 Å². The Balaban J connectivity index is 0.00000300. The molecule has 0 aliphatic rings. The molecule has 3 N–H and O–H groups in total. The number of aromatic carboxylic acids is 1. The van der Waals surface area contributed by atoms with Gasteiger partial charge in [-0.05, 0) is 47.7 Å². The number of aliphatic hydroxyl groups is 1. The standard InChI is InChI=1S/C24H25NO3.ClH/c1-17(25-16-23(26)21-5-3-2-4-6-21)15-18-7-9-19(10-8-18)20-11-13-22(14-12-20)24(27)28;/h2-14,17,23,25-26H,15-16H2,1H3,(H,27,28);1H/t17-,23+;/m1./s1. The number of carboxylic acids is 1. The highest BCUT2D eigenvalue weighted by Crippen LogP contribution is 2.21. The smallest absolute Gasteiger partial charge is 0.335 e. The molecule has 0 aliphatic carbocycles. The summed E-state index contributed by atoms with van der Waals surface area (Å²) in [7, 11) is 0. The molecule has 3 aromatic carbocycles. The molecule has 0 fully saturated rings. The second kappa shape index (κ2) is 10.8. The number of hydrogen-bond acceptors (Lipinski definition) is 3. The maximum atomic E-state index is 11.0. The topological polar surface area (TPSA) is 69.6 Å². The van der Waals surface area contributed by atoms with E-state index < -0.39 is 12.1 Å². The third-order valence-corrected chi connectivity index (χ3v) is 4.81. The highest BCUT2D eigenvalue weighted by molar-refractivity contribution is 5.88. The molecule has 0 saturated carbocycles. The normalized spacial score (nSPS) is 12.6. The second-order valence-corrected chi connectivity index (χ2v) is 7.02. The van der Waals surface area contributed by atoms with Crippen LogP contribution < -0.4 is 5.32 Å². The van der Waals surface area contributed by atoms with E-state index in [1.165, 1.54) is 5.56 Å². The Morgan fingerprint density at radius 2 is 1.45 bits per heavy atom. The molecule has 0 aromatic heterocycles. The van der Waals surface area contributed by atoms with Gasteiger partial charge >= 0.3 is 5.97 Å². The van der Waals surface area contributed by atoms with Gasteiger partial charge in [0.05, 0.1) is 11.7 Å². The zero-order valence-electron chi connectivity index (χ0n) is 16.3. The molecule has 5 heteroatoms. The first kappa shape index (κ1) is 22.6. The van der Waals surface area contributed by atoms with E-state index in [9.17, 15) is 9.90 Å². The van der Waals surface area contributed by atoms with E-state index in [1.54, 1.807) is 12.1 Å². The Morgan fingerprint density at radius 3 is 2.00 bits per heavy atom. The summed E-state index contributed by atoms with van der Waals surface area (Å²) in [6.45, 7) is 2.62. The van der Waals surface area contributed by atoms with Crippen LogP contribution in [0.4, 0.5) is 0 Å². The zero-order valence-corrected chi connectivity index (χ0v) is 17.1. The third-order valence-electron chi connectivity index (χ3n) is 4.81. The molecule has 0 saturated heterocycles. The van der Waals surface area contributed by atoms with Gasteiger partial charge in [0.15, 0.2) is 0 Å². The van der Waals surface area contributed by atoms with Crippen LogP contribution in [0.3, 0.4) is 0 Å². The van der Waals surface area contributed by atoms with Gasteiger partial charge in [0, 0.05) is 12.6 Å². The first-order valence-electron chi connectivity index (χ1n) is 9.42. The molecule has 29 heavy (non-hydrogen) atoms. The highest BCUT2D eigenvalue weighted by atomic mass is 35.5. The van der Waals surface area contributed by atoms with Gasteiger partial charge in [-0.25, -0.2) is 4.79 Å². The van der Waals surface area contributed by atoms with Gasteiger partial charge in [0.2, 0.25) is 0 Å². The van der Waals surface area contributed by atoms with Crippen LogP contribution in [0.25, 0.3) is 11.1 Å². The first-order chi connectivity index (χ1) is 13.5. The lowest BCUT2D eigenvalue weighted by atomic mass is 10.00. The summed E-state index contributed by atoms with van der Waals surface area (Å²) in [4.78, 5) is 11.0. The van der Waals surface area contributed by atoms with Crippen LogP contribution in [0.5, 0.6) is 0 Å². The van der Waals surface area contributed by atoms with Crippen molar-refractivity contribution in [3.63, 3.8) is 0 Å². The summed E-state index contributed by atoms with van der Waals surface area (Å²) in [5, 5.41) is 22.6. The van der Waals surface area contributed by atoms with Crippen molar-refractivity contribution in [2.24, 2.45) is 0 Å². The molecule has 2 atom stereocenters. The van der Waals surface area contributed by atoms with Crippen molar-refractivity contribution in [3.05, 3.63) is 95.6 Å². The molecule has 3 rings (SSSR count). The number of benzene rings is 3.